The monoisotopic (exact) mass is 298 g/mol. The van der Waals surface area contributed by atoms with Crippen LogP contribution in [0.2, 0.25) is 0 Å². The molecule has 0 amide bonds. The number of thiocarbonyl (C=S) groups is 1. The molecule has 0 saturated carbocycles. The minimum absolute atomic E-state index is 0.688. The molecule has 2 nitrogen and oxygen atoms in total. The van der Waals surface area contributed by atoms with Crippen LogP contribution in [-0.2, 0) is 6.42 Å². The van der Waals surface area contributed by atoms with E-state index in [1.807, 2.05) is 6.07 Å². The maximum Gasteiger partial charge on any atom is 0.170 e. The predicted octanol–water partition coefficient (Wildman–Crippen LogP) is 4.22. The molecule has 0 aliphatic carbocycles. The van der Waals surface area contributed by atoms with E-state index in [0.717, 1.165) is 25.1 Å². The maximum absolute atomic E-state index is 5.33. The van der Waals surface area contributed by atoms with Crippen molar-refractivity contribution in [2.45, 2.75) is 26.7 Å². The second-order valence-corrected chi connectivity index (χ2v) is 5.75. The summed E-state index contributed by atoms with van der Waals surface area (Å²) in [5.74, 6) is 0. The summed E-state index contributed by atoms with van der Waals surface area (Å²) in [5.41, 5.74) is 4.90. The lowest BCUT2D eigenvalue weighted by Gasteiger charge is -2.11. The summed E-state index contributed by atoms with van der Waals surface area (Å²) in [4.78, 5) is 0. The van der Waals surface area contributed by atoms with E-state index in [-0.39, 0.29) is 0 Å². The fraction of sp³-hybridized carbons (Fsp3) is 0.278. The normalized spacial score (nSPS) is 10.2. The molecule has 2 aromatic carbocycles. The molecule has 0 atom stereocenters. The molecule has 21 heavy (non-hydrogen) atoms. The van der Waals surface area contributed by atoms with Crippen molar-refractivity contribution >= 4 is 23.0 Å². The van der Waals surface area contributed by atoms with Crippen molar-refractivity contribution in [3.8, 4) is 0 Å². The summed E-state index contributed by atoms with van der Waals surface area (Å²) in [6.07, 6.45) is 2.14. The Morgan fingerprint density at radius 2 is 1.67 bits per heavy atom. The Morgan fingerprint density at radius 1 is 1.00 bits per heavy atom. The molecular formula is C18H22N2S. The van der Waals surface area contributed by atoms with Crippen molar-refractivity contribution in [1.82, 2.24) is 5.32 Å². The molecule has 2 N–H and O–H groups in total. The van der Waals surface area contributed by atoms with Crippen molar-refractivity contribution in [2.75, 3.05) is 11.9 Å². The van der Waals surface area contributed by atoms with Crippen LogP contribution in [0.15, 0.2) is 48.5 Å². The van der Waals surface area contributed by atoms with Gasteiger partial charge in [-0.3, -0.25) is 0 Å². The lowest BCUT2D eigenvalue weighted by Crippen LogP contribution is -2.29. The van der Waals surface area contributed by atoms with Crippen molar-refractivity contribution in [3.63, 3.8) is 0 Å². The molecule has 0 aliphatic rings. The topological polar surface area (TPSA) is 24.1 Å². The molecule has 3 heteroatoms. The predicted molar refractivity (Wildman–Crippen MR) is 94.9 cm³/mol. The van der Waals surface area contributed by atoms with E-state index in [1.165, 1.54) is 16.7 Å². The third-order valence-corrected chi connectivity index (χ3v) is 3.50. The van der Waals surface area contributed by atoms with Gasteiger partial charge in [0.05, 0.1) is 0 Å². The molecule has 0 saturated heterocycles. The Labute approximate surface area is 132 Å². The van der Waals surface area contributed by atoms with Gasteiger partial charge in [0.15, 0.2) is 5.11 Å². The number of rotatable bonds is 5. The first kappa shape index (κ1) is 15.5. The van der Waals surface area contributed by atoms with Gasteiger partial charge in [-0.25, -0.2) is 0 Å². The largest absolute Gasteiger partial charge is 0.362 e. The van der Waals surface area contributed by atoms with Gasteiger partial charge in [-0.15, -0.1) is 0 Å². The molecule has 0 bridgehead atoms. The Bertz CT molecular complexity index is 573. The zero-order valence-corrected chi connectivity index (χ0v) is 13.5. The van der Waals surface area contributed by atoms with E-state index >= 15 is 0 Å². The van der Waals surface area contributed by atoms with E-state index in [0.29, 0.717) is 5.11 Å². The standard InChI is InChI=1S/C18H22N2S/c1-14-11-15(2)13-17(12-14)20-18(21)19-10-6-9-16-7-4-3-5-8-16/h3-5,7-8,11-13H,6,9-10H2,1-2H3,(H2,19,20,21). The zero-order chi connectivity index (χ0) is 15.1. The number of anilines is 1. The minimum atomic E-state index is 0.688. The van der Waals surface area contributed by atoms with E-state index < -0.39 is 0 Å². The smallest absolute Gasteiger partial charge is 0.170 e. The van der Waals surface area contributed by atoms with Crippen LogP contribution in [-0.4, -0.2) is 11.7 Å². The van der Waals surface area contributed by atoms with Gasteiger partial charge in [-0.05, 0) is 67.7 Å². The van der Waals surface area contributed by atoms with Crippen molar-refractivity contribution in [2.24, 2.45) is 0 Å². The quantitative estimate of drug-likeness (QED) is 0.638. The second kappa shape index (κ2) is 7.79. The Kier molecular flexibility index (Phi) is 5.76. The summed E-state index contributed by atoms with van der Waals surface area (Å²) < 4.78 is 0. The van der Waals surface area contributed by atoms with Gasteiger partial charge in [-0.1, -0.05) is 36.4 Å². The number of benzene rings is 2. The molecule has 0 heterocycles. The van der Waals surface area contributed by atoms with Crippen LogP contribution < -0.4 is 10.6 Å². The Morgan fingerprint density at radius 3 is 2.33 bits per heavy atom. The van der Waals surface area contributed by atoms with Crippen LogP contribution in [0.5, 0.6) is 0 Å². The fourth-order valence-electron chi connectivity index (χ4n) is 2.36. The lowest BCUT2D eigenvalue weighted by atomic mass is 10.1. The first-order valence-electron chi connectivity index (χ1n) is 7.30. The third kappa shape index (κ3) is 5.56. The first-order valence-corrected chi connectivity index (χ1v) is 7.71. The highest BCUT2D eigenvalue weighted by molar-refractivity contribution is 7.80. The molecule has 0 aromatic heterocycles. The van der Waals surface area contributed by atoms with Crippen LogP contribution in [0.4, 0.5) is 5.69 Å². The van der Waals surface area contributed by atoms with E-state index in [4.69, 9.17) is 12.2 Å². The van der Waals surface area contributed by atoms with Crippen molar-refractivity contribution in [3.05, 3.63) is 65.2 Å². The molecule has 0 spiro atoms. The first-order chi connectivity index (χ1) is 10.1. The summed E-state index contributed by atoms with van der Waals surface area (Å²) in [7, 11) is 0. The van der Waals surface area contributed by atoms with Crippen molar-refractivity contribution < 1.29 is 0 Å². The summed E-state index contributed by atoms with van der Waals surface area (Å²) in [5, 5.41) is 7.19. The maximum atomic E-state index is 5.33. The molecule has 110 valence electrons. The van der Waals surface area contributed by atoms with Gasteiger partial charge >= 0.3 is 0 Å². The number of hydrogen-bond acceptors (Lipinski definition) is 1. The molecule has 2 rings (SSSR count). The van der Waals surface area contributed by atoms with Crippen LogP contribution in [0, 0.1) is 13.8 Å². The van der Waals surface area contributed by atoms with Gasteiger partial charge < -0.3 is 10.6 Å². The highest BCUT2D eigenvalue weighted by atomic mass is 32.1. The van der Waals surface area contributed by atoms with E-state index in [2.05, 4.69) is 66.9 Å². The zero-order valence-electron chi connectivity index (χ0n) is 12.6. The number of hydrogen-bond donors (Lipinski definition) is 2. The number of aryl methyl sites for hydroxylation is 3. The molecule has 0 unspecified atom stereocenters. The van der Waals surface area contributed by atoms with E-state index in [9.17, 15) is 0 Å². The van der Waals surface area contributed by atoms with E-state index in [1.54, 1.807) is 0 Å². The van der Waals surface area contributed by atoms with Gasteiger partial charge in [-0.2, -0.15) is 0 Å². The minimum Gasteiger partial charge on any atom is -0.362 e. The molecule has 0 aliphatic heterocycles. The molecular weight excluding hydrogens is 276 g/mol. The van der Waals surface area contributed by atoms with Crippen LogP contribution in [0.1, 0.15) is 23.1 Å². The number of nitrogens with one attached hydrogen (secondary N) is 2. The van der Waals surface area contributed by atoms with Crippen LogP contribution in [0.25, 0.3) is 0 Å². The molecule has 0 fully saturated rings. The lowest BCUT2D eigenvalue weighted by molar-refractivity contribution is 0.777. The molecule has 2 aromatic rings. The average Bonchev–Trinajstić information content (AvgIpc) is 2.43. The van der Waals surface area contributed by atoms with Crippen LogP contribution in [0.3, 0.4) is 0 Å². The van der Waals surface area contributed by atoms with Gasteiger partial charge in [0.25, 0.3) is 0 Å². The average molecular weight is 298 g/mol. The fourth-order valence-corrected chi connectivity index (χ4v) is 2.58. The Balaban J connectivity index is 1.72. The van der Waals surface area contributed by atoms with Crippen molar-refractivity contribution in [1.29, 1.82) is 0 Å². The summed E-state index contributed by atoms with van der Waals surface area (Å²) in [6.45, 7) is 5.06. The van der Waals surface area contributed by atoms with Gasteiger partial charge in [0, 0.05) is 12.2 Å². The van der Waals surface area contributed by atoms with Gasteiger partial charge in [0.2, 0.25) is 0 Å². The van der Waals surface area contributed by atoms with Gasteiger partial charge in [0.1, 0.15) is 0 Å². The Hall–Kier alpha value is -1.87. The third-order valence-electron chi connectivity index (χ3n) is 3.25. The second-order valence-electron chi connectivity index (χ2n) is 5.35. The van der Waals surface area contributed by atoms with Crippen LogP contribution >= 0.6 is 12.2 Å². The summed E-state index contributed by atoms with van der Waals surface area (Å²) >= 11 is 5.33. The molecule has 0 radical (unpaired) electrons. The highest BCUT2D eigenvalue weighted by Gasteiger charge is 1.99. The SMILES string of the molecule is Cc1cc(C)cc(NC(=S)NCCCc2ccccc2)c1. The summed E-state index contributed by atoms with van der Waals surface area (Å²) in [6, 6.07) is 16.9. The highest BCUT2D eigenvalue weighted by Crippen LogP contribution is 2.13.